The van der Waals surface area contributed by atoms with Gasteiger partial charge in [-0.25, -0.2) is 0 Å². The van der Waals surface area contributed by atoms with Crippen LogP contribution >= 0.6 is 47.0 Å². The number of thiocarbonyl (C=S) groups is 1. The molecule has 2 aromatic carbocycles. The maximum atomic E-state index is 13.1. The van der Waals surface area contributed by atoms with E-state index in [-0.39, 0.29) is 48.6 Å². The van der Waals surface area contributed by atoms with E-state index in [1.54, 1.807) is 24.3 Å². The van der Waals surface area contributed by atoms with E-state index in [1.165, 1.54) is 30.3 Å². The minimum atomic E-state index is -0.729. The van der Waals surface area contributed by atoms with Gasteiger partial charge in [-0.1, -0.05) is 40.9 Å². The zero-order valence-corrected chi connectivity index (χ0v) is 19.3. The number of rotatable bonds is 4. The molecule has 2 amide bonds. The number of hydrogen-bond donors (Lipinski definition) is 1. The number of carbonyl (C=O) groups excluding carboxylic acids is 2. The van der Waals surface area contributed by atoms with Gasteiger partial charge in [0.1, 0.15) is 22.1 Å². The van der Waals surface area contributed by atoms with Gasteiger partial charge in [-0.15, -0.1) is 0 Å². The molecule has 33 heavy (non-hydrogen) atoms. The quantitative estimate of drug-likeness (QED) is 0.156. The molecule has 0 atom stereocenters. The van der Waals surface area contributed by atoms with Gasteiger partial charge in [0.05, 0.1) is 20.7 Å². The van der Waals surface area contributed by atoms with Gasteiger partial charge in [0.2, 0.25) is 0 Å². The number of nitrogens with zero attached hydrogens (tertiary/aromatic N) is 2. The molecule has 1 N–H and O–H groups in total. The third-order valence-electron chi connectivity index (χ3n) is 4.61. The average molecular weight is 523 g/mol. The van der Waals surface area contributed by atoms with E-state index in [1.807, 2.05) is 0 Å². The number of nitrogens with one attached hydrogen (secondary N) is 1. The van der Waals surface area contributed by atoms with Gasteiger partial charge in [-0.3, -0.25) is 29.9 Å². The number of nitro benzene ring substituents is 1. The van der Waals surface area contributed by atoms with E-state index in [9.17, 15) is 19.7 Å². The fourth-order valence-corrected chi connectivity index (χ4v) is 3.92. The maximum absolute atomic E-state index is 13.1. The van der Waals surface area contributed by atoms with Crippen LogP contribution in [0.4, 0.5) is 11.4 Å². The Bertz CT molecular complexity index is 1390. The zero-order valence-electron chi connectivity index (χ0n) is 16.2. The first-order valence-electron chi connectivity index (χ1n) is 9.07. The number of furan rings is 1. The van der Waals surface area contributed by atoms with Crippen molar-refractivity contribution in [1.29, 1.82) is 0 Å². The minimum Gasteiger partial charge on any atom is -0.457 e. The first-order valence-corrected chi connectivity index (χ1v) is 10.6. The molecule has 1 saturated heterocycles. The molecule has 4 rings (SSSR count). The van der Waals surface area contributed by atoms with Crippen molar-refractivity contribution in [3.63, 3.8) is 0 Å². The van der Waals surface area contributed by atoms with Crippen molar-refractivity contribution in [3.8, 4) is 11.3 Å². The lowest BCUT2D eigenvalue weighted by molar-refractivity contribution is -0.384. The van der Waals surface area contributed by atoms with Gasteiger partial charge in [0.25, 0.3) is 17.5 Å². The summed E-state index contributed by atoms with van der Waals surface area (Å²) in [5, 5.41) is 13.7. The van der Waals surface area contributed by atoms with Crippen LogP contribution < -0.4 is 10.2 Å². The smallest absolute Gasteiger partial charge is 0.288 e. The maximum Gasteiger partial charge on any atom is 0.288 e. The topological polar surface area (TPSA) is 106 Å². The molecule has 1 aliphatic heterocycles. The molecule has 166 valence electrons. The van der Waals surface area contributed by atoms with Crippen molar-refractivity contribution in [2.45, 2.75) is 0 Å². The molecule has 0 radical (unpaired) electrons. The lowest BCUT2D eigenvalue weighted by Crippen LogP contribution is -2.54. The van der Waals surface area contributed by atoms with Gasteiger partial charge < -0.3 is 4.42 Å². The van der Waals surface area contributed by atoms with Crippen LogP contribution in [0, 0.1) is 10.1 Å². The summed E-state index contributed by atoms with van der Waals surface area (Å²) < 4.78 is 5.68. The predicted molar refractivity (Wildman–Crippen MR) is 128 cm³/mol. The summed E-state index contributed by atoms with van der Waals surface area (Å²) >= 11 is 23.3. The van der Waals surface area contributed by atoms with E-state index in [2.05, 4.69) is 5.32 Å². The largest absolute Gasteiger partial charge is 0.457 e. The van der Waals surface area contributed by atoms with Crippen molar-refractivity contribution in [2.24, 2.45) is 0 Å². The predicted octanol–water partition coefficient (Wildman–Crippen LogP) is 5.65. The first kappa shape index (κ1) is 22.9. The highest BCUT2D eigenvalue weighted by Crippen LogP contribution is 2.35. The van der Waals surface area contributed by atoms with Crippen LogP contribution in [0.5, 0.6) is 0 Å². The summed E-state index contributed by atoms with van der Waals surface area (Å²) in [5.41, 5.74) is 0.0554. The Morgan fingerprint density at radius 1 is 1.06 bits per heavy atom. The summed E-state index contributed by atoms with van der Waals surface area (Å²) in [6.45, 7) is 0. The van der Waals surface area contributed by atoms with E-state index in [4.69, 9.17) is 51.4 Å². The molecule has 1 aromatic heterocycles. The number of benzene rings is 2. The van der Waals surface area contributed by atoms with E-state index < -0.39 is 16.7 Å². The van der Waals surface area contributed by atoms with E-state index >= 15 is 0 Å². The first-order chi connectivity index (χ1) is 15.7. The summed E-state index contributed by atoms with van der Waals surface area (Å²) in [6.07, 6.45) is 1.23. The number of anilines is 1. The lowest BCUT2D eigenvalue weighted by atomic mass is 10.1. The Morgan fingerprint density at radius 3 is 2.55 bits per heavy atom. The SMILES string of the molecule is O=C1NC(=S)N(c2cccc(Cl)c2Cl)C(=O)/C1=C\c1ccc(-c2ccc(Cl)c([N+](=O)[O-])c2)o1. The van der Waals surface area contributed by atoms with Crippen LogP contribution in [0.2, 0.25) is 15.1 Å². The molecule has 12 heteroatoms. The molecule has 1 aliphatic rings. The van der Waals surface area contributed by atoms with Crippen LogP contribution in [-0.4, -0.2) is 21.9 Å². The highest BCUT2D eigenvalue weighted by molar-refractivity contribution is 7.80. The summed E-state index contributed by atoms with van der Waals surface area (Å²) in [6, 6.07) is 11.9. The van der Waals surface area contributed by atoms with Crippen molar-refractivity contribution >= 4 is 81.4 Å². The Kier molecular flexibility index (Phi) is 6.22. The second-order valence-electron chi connectivity index (χ2n) is 6.66. The van der Waals surface area contributed by atoms with E-state index in [0.29, 0.717) is 5.56 Å². The number of halogens is 3. The zero-order chi connectivity index (χ0) is 23.9. The fourth-order valence-electron chi connectivity index (χ4n) is 3.08. The molecule has 0 unspecified atom stereocenters. The monoisotopic (exact) mass is 521 g/mol. The van der Waals surface area contributed by atoms with Gasteiger partial charge in [-0.05, 0) is 54.7 Å². The molecule has 3 aromatic rings. The van der Waals surface area contributed by atoms with Crippen LogP contribution in [0.3, 0.4) is 0 Å². The second-order valence-corrected chi connectivity index (χ2v) is 8.24. The minimum absolute atomic E-state index is 0.0159. The highest BCUT2D eigenvalue weighted by Gasteiger charge is 2.36. The number of amides is 2. The van der Waals surface area contributed by atoms with Crippen LogP contribution in [0.25, 0.3) is 17.4 Å². The fraction of sp³-hybridized carbons (Fsp3) is 0. The van der Waals surface area contributed by atoms with Gasteiger partial charge in [0, 0.05) is 11.6 Å². The summed E-state index contributed by atoms with van der Waals surface area (Å²) in [5.74, 6) is -1.02. The normalized spacial score (nSPS) is 15.2. The van der Waals surface area contributed by atoms with Crippen molar-refractivity contribution in [2.75, 3.05) is 4.90 Å². The van der Waals surface area contributed by atoms with Gasteiger partial charge in [0.15, 0.2) is 5.11 Å². The van der Waals surface area contributed by atoms with Crippen molar-refractivity contribution in [1.82, 2.24) is 5.32 Å². The van der Waals surface area contributed by atoms with Crippen molar-refractivity contribution < 1.29 is 18.9 Å². The van der Waals surface area contributed by atoms with Crippen LogP contribution in [0.1, 0.15) is 5.76 Å². The summed E-state index contributed by atoms with van der Waals surface area (Å²) in [4.78, 5) is 37.2. The molecule has 0 spiro atoms. The van der Waals surface area contributed by atoms with Gasteiger partial charge in [-0.2, -0.15) is 0 Å². The Balaban J connectivity index is 1.70. The molecule has 0 aliphatic carbocycles. The molecule has 1 fully saturated rings. The standard InChI is InChI=1S/C21H10Cl3N3O5S/c22-13-6-4-10(8-16(13)27(30)31)17-7-5-11(32-17)9-12-19(28)25-21(33)26(20(12)29)15-3-1-2-14(23)18(15)24/h1-9H,(H,25,28,33)/b12-9-. The molecular weight excluding hydrogens is 513 g/mol. The van der Waals surface area contributed by atoms with Crippen LogP contribution in [0.15, 0.2) is 58.5 Å². The lowest BCUT2D eigenvalue weighted by Gasteiger charge is -2.29. The van der Waals surface area contributed by atoms with Gasteiger partial charge >= 0.3 is 0 Å². The number of carbonyl (C=O) groups is 2. The molecule has 0 bridgehead atoms. The molecular formula is C21H10Cl3N3O5S. The van der Waals surface area contributed by atoms with Crippen LogP contribution in [-0.2, 0) is 9.59 Å². The second kappa shape index (κ2) is 8.95. The third kappa shape index (κ3) is 4.36. The number of nitro groups is 1. The number of hydrogen-bond acceptors (Lipinski definition) is 6. The average Bonchev–Trinajstić information content (AvgIpc) is 3.23. The third-order valence-corrected chi connectivity index (χ3v) is 6.03. The van der Waals surface area contributed by atoms with Crippen molar-refractivity contribution in [3.05, 3.63) is 85.0 Å². The molecule has 2 heterocycles. The highest BCUT2D eigenvalue weighted by atomic mass is 35.5. The Labute approximate surface area is 206 Å². The Hall–Kier alpha value is -3.24. The summed E-state index contributed by atoms with van der Waals surface area (Å²) in [7, 11) is 0. The molecule has 0 saturated carbocycles. The molecule has 8 nitrogen and oxygen atoms in total. The Morgan fingerprint density at radius 2 is 1.82 bits per heavy atom. The van der Waals surface area contributed by atoms with E-state index in [0.717, 1.165) is 4.90 Å².